The first-order valence-corrected chi connectivity index (χ1v) is 7.53. The number of aromatic nitrogens is 2. The molecule has 0 aliphatic carbocycles. The van der Waals surface area contributed by atoms with Gasteiger partial charge in [0.2, 0.25) is 5.89 Å². The number of rotatable bonds is 6. The molecule has 1 atom stereocenters. The minimum atomic E-state index is 0.238. The Labute approximate surface area is 116 Å². The van der Waals surface area contributed by atoms with Crippen LogP contribution in [0.25, 0.3) is 0 Å². The number of nitrogens with zero attached hydrogens (tertiary/aromatic N) is 4. The third-order valence-corrected chi connectivity index (χ3v) is 4.00. The number of likely N-dealkylation sites (N-methyl/N-ethyl adjacent to an activating group) is 1. The van der Waals surface area contributed by atoms with E-state index in [2.05, 4.69) is 40.7 Å². The molecule has 0 N–H and O–H groups in total. The van der Waals surface area contributed by atoms with Crippen molar-refractivity contribution < 1.29 is 4.52 Å². The van der Waals surface area contributed by atoms with Crippen LogP contribution in [0.1, 0.15) is 51.4 Å². The Morgan fingerprint density at radius 1 is 1.21 bits per heavy atom. The van der Waals surface area contributed by atoms with E-state index in [1.807, 2.05) is 0 Å². The summed E-state index contributed by atoms with van der Waals surface area (Å²) in [7, 11) is 0. The monoisotopic (exact) mass is 266 g/mol. The van der Waals surface area contributed by atoms with Gasteiger partial charge >= 0.3 is 0 Å². The molecule has 0 spiro atoms. The second-order valence-electron chi connectivity index (χ2n) is 5.30. The second-order valence-corrected chi connectivity index (χ2v) is 5.30. The third-order valence-electron chi connectivity index (χ3n) is 4.00. The Hall–Kier alpha value is -0.940. The number of unbranched alkanes of at least 4 members (excludes halogenated alkanes) is 1. The van der Waals surface area contributed by atoms with E-state index in [1.54, 1.807) is 0 Å². The average molecular weight is 266 g/mol. The molecule has 1 aliphatic rings. The van der Waals surface area contributed by atoms with Crippen molar-refractivity contribution in [3.8, 4) is 0 Å². The number of piperazine rings is 1. The van der Waals surface area contributed by atoms with Crippen LogP contribution in [0.15, 0.2) is 4.52 Å². The highest BCUT2D eigenvalue weighted by molar-refractivity contribution is 4.93. The predicted molar refractivity (Wildman–Crippen MR) is 75.0 cm³/mol. The number of aryl methyl sites for hydroxylation is 1. The molecular formula is C14H26N4O. The van der Waals surface area contributed by atoms with Gasteiger partial charge in [0.1, 0.15) is 0 Å². The van der Waals surface area contributed by atoms with E-state index >= 15 is 0 Å². The van der Waals surface area contributed by atoms with Crippen LogP contribution in [0, 0.1) is 0 Å². The van der Waals surface area contributed by atoms with E-state index in [4.69, 9.17) is 4.52 Å². The fraction of sp³-hybridized carbons (Fsp3) is 0.857. The van der Waals surface area contributed by atoms with Gasteiger partial charge in [-0.1, -0.05) is 25.4 Å². The van der Waals surface area contributed by atoms with Crippen LogP contribution in [0.2, 0.25) is 0 Å². The zero-order valence-electron chi connectivity index (χ0n) is 12.4. The molecule has 0 radical (unpaired) electrons. The minimum Gasteiger partial charge on any atom is -0.338 e. The first-order valence-electron chi connectivity index (χ1n) is 7.53. The van der Waals surface area contributed by atoms with Crippen LogP contribution in [0.4, 0.5) is 0 Å². The third kappa shape index (κ3) is 3.76. The van der Waals surface area contributed by atoms with Gasteiger partial charge < -0.3 is 9.42 Å². The summed E-state index contributed by atoms with van der Waals surface area (Å²) in [4.78, 5) is 9.44. The summed E-state index contributed by atoms with van der Waals surface area (Å²) in [5.41, 5.74) is 0. The molecule has 1 saturated heterocycles. The number of hydrogen-bond donors (Lipinski definition) is 0. The van der Waals surface area contributed by atoms with E-state index in [0.717, 1.165) is 57.3 Å². The summed E-state index contributed by atoms with van der Waals surface area (Å²) in [6.07, 6.45) is 3.22. The lowest BCUT2D eigenvalue weighted by atomic mass is 10.2. The van der Waals surface area contributed by atoms with Crippen LogP contribution in [0.3, 0.4) is 0 Å². The quantitative estimate of drug-likeness (QED) is 0.789. The minimum absolute atomic E-state index is 0.238. The van der Waals surface area contributed by atoms with Crippen molar-refractivity contribution in [2.75, 3.05) is 32.7 Å². The second kappa shape index (κ2) is 7.01. The van der Waals surface area contributed by atoms with E-state index < -0.39 is 0 Å². The Kier molecular flexibility index (Phi) is 5.34. The van der Waals surface area contributed by atoms with Crippen LogP contribution in [-0.4, -0.2) is 52.7 Å². The highest BCUT2D eigenvalue weighted by Gasteiger charge is 2.25. The molecule has 2 heterocycles. The van der Waals surface area contributed by atoms with E-state index in [9.17, 15) is 0 Å². The van der Waals surface area contributed by atoms with Crippen molar-refractivity contribution in [3.63, 3.8) is 0 Å². The molecule has 5 heteroatoms. The SMILES string of the molecule is CCCCc1noc(C(C)N2CCN(CC)CC2)n1. The average Bonchev–Trinajstić information content (AvgIpc) is 2.93. The van der Waals surface area contributed by atoms with Crippen LogP contribution in [0.5, 0.6) is 0 Å². The first-order chi connectivity index (χ1) is 9.24. The van der Waals surface area contributed by atoms with Gasteiger partial charge in [-0.15, -0.1) is 0 Å². The van der Waals surface area contributed by atoms with E-state index in [-0.39, 0.29) is 6.04 Å². The van der Waals surface area contributed by atoms with E-state index in [0.29, 0.717) is 0 Å². The molecule has 108 valence electrons. The molecule has 0 amide bonds. The molecule has 1 aliphatic heterocycles. The summed E-state index contributed by atoms with van der Waals surface area (Å²) in [5.74, 6) is 1.63. The fourth-order valence-electron chi connectivity index (χ4n) is 2.50. The highest BCUT2D eigenvalue weighted by Crippen LogP contribution is 2.20. The molecule has 1 aromatic heterocycles. The molecule has 2 rings (SSSR count). The smallest absolute Gasteiger partial charge is 0.243 e. The predicted octanol–water partition coefficient (Wildman–Crippen LogP) is 2.11. The molecule has 1 unspecified atom stereocenters. The summed E-state index contributed by atoms with van der Waals surface area (Å²) in [6, 6.07) is 0.238. The van der Waals surface area contributed by atoms with Gasteiger partial charge in [-0.05, 0) is 19.9 Å². The molecule has 0 aromatic carbocycles. The van der Waals surface area contributed by atoms with Crippen molar-refractivity contribution in [3.05, 3.63) is 11.7 Å². The molecule has 19 heavy (non-hydrogen) atoms. The lowest BCUT2D eigenvalue weighted by Crippen LogP contribution is -2.46. The molecule has 0 saturated carbocycles. The number of hydrogen-bond acceptors (Lipinski definition) is 5. The Balaban J connectivity index is 1.88. The Morgan fingerprint density at radius 2 is 1.95 bits per heavy atom. The standard InChI is InChI=1S/C14H26N4O/c1-4-6-7-13-15-14(19-16-13)12(3)18-10-8-17(5-2)9-11-18/h12H,4-11H2,1-3H3. The lowest BCUT2D eigenvalue weighted by Gasteiger charge is -2.36. The van der Waals surface area contributed by atoms with Crippen molar-refractivity contribution in [1.29, 1.82) is 0 Å². The van der Waals surface area contributed by atoms with Crippen molar-refractivity contribution in [1.82, 2.24) is 19.9 Å². The van der Waals surface area contributed by atoms with Gasteiger partial charge in [0.15, 0.2) is 5.82 Å². The van der Waals surface area contributed by atoms with Crippen molar-refractivity contribution >= 4 is 0 Å². The maximum Gasteiger partial charge on any atom is 0.243 e. The van der Waals surface area contributed by atoms with Crippen LogP contribution in [-0.2, 0) is 6.42 Å². The molecular weight excluding hydrogens is 240 g/mol. The molecule has 5 nitrogen and oxygen atoms in total. The first kappa shape index (κ1) is 14.5. The van der Waals surface area contributed by atoms with Gasteiger partial charge in [0, 0.05) is 32.6 Å². The van der Waals surface area contributed by atoms with E-state index in [1.165, 1.54) is 6.42 Å². The van der Waals surface area contributed by atoms with Gasteiger partial charge in [-0.25, -0.2) is 0 Å². The maximum atomic E-state index is 5.41. The van der Waals surface area contributed by atoms with Crippen LogP contribution >= 0.6 is 0 Å². The maximum absolute atomic E-state index is 5.41. The van der Waals surface area contributed by atoms with Crippen molar-refractivity contribution in [2.45, 2.75) is 46.1 Å². The van der Waals surface area contributed by atoms with Crippen molar-refractivity contribution in [2.24, 2.45) is 0 Å². The highest BCUT2D eigenvalue weighted by atomic mass is 16.5. The summed E-state index contributed by atoms with van der Waals surface area (Å²) in [5, 5.41) is 4.08. The van der Waals surface area contributed by atoms with Gasteiger partial charge in [0.25, 0.3) is 0 Å². The molecule has 1 aromatic rings. The van der Waals surface area contributed by atoms with Gasteiger partial charge in [-0.3, -0.25) is 4.90 Å². The summed E-state index contributed by atoms with van der Waals surface area (Å²) >= 11 is 0. The summed E-state index contributed by atoms with van der Waals surface area (Å²) < 4.78 is 5.41. The Bertz CT molecular complexity index is 371. The topological polar surface area (TPSA) is 45.4 Å². The molecule has 0 bridgehead atoms. The van der Waals surface area contributed by atoms with Gasteiger partial charge in [-0.2, -0.15) is 4.98 Å². The summed E-state index contributed by atoms with van der Waals surface area (Å²) in [6.45, 7) is 12.1. The molecule has 1 fully saturated rings. The normalized spacial score (nSPS) is 19.7. The van der Waals surface area contributed by atoms with Gasteiger partial charge in [0.05, 0.1) is 6.04 Å². The Morgan fingerprint density at radius 3 is 2.58 bits per heavy atom. The fourth-order valence-corrected chi connectivity index (χ4v) is 2.50. The zero-order valence-corrected chi connectivity index (χ0v) is 12.4. The zero-order chi connectivity index (χ0) is 13.7. The lowest BCUT2D eigenvalue weighted by molar-refractivity contribution is 0.0914. The van der Waals surface area contributed by atoms with Crippen LogP contribution < -0.4 is 0 Å². The largest absolute Gasteiger partial charge is 0.338 e.